The molecule has 172 valence electrons. The van der Waals surface area contributed by atoms with Gasteiger partial charge in [-0.25, -0.2) is 27.3 Å². The van der Waals surface area contributed by atoms with E-state index < -0.39 is 21.9 Å². The Balaban J connectivity index is 1.65. The molecule has 1 saturated carbocycles. The van der Waals surface area contributed by atoms with Crippen LogP contribution in [0.15, 0.2) is 41.4 Å². The van der Waals surface area contributed by atoms with Crippen LogP contribution in [0.3, 0.4) is 0 Å². The number of benzene rings is 1. The van der Waals surface area contributed by atoms with Gasteiger partial charge in [-0.1, -0.05) is 12.5 Å². The first-order valence-corrected chi connectivity index (χ1v) is 12.2. The van der Waals surface area contributed by atoms with Crippen molar-refractivity contribution in [3.05, 3.63) is 47.7 Å². The molecule has 1 aliphatic carbocycles. The number of carbonyl (C=O) groups excluding carboxylic acids is 1. The quantitative estimate of drug-likeness (QED) is 0.699. The number of hydrogen-bond acceptors (Lipinski definition) is 5. The number of pyridine rings is 1. The fourth-order valence-corrected chi connectivity index (χ4v) is 4.64. The SMILES string of the molecule is NS(=O)(=O)c1cccc(NC(=O)c2cc(C3CCC3)cnc2N2CCCC(F)(F)CC2)c1. The van der Waals surface area contributed by atoms with E-state index in [1.54, 1.807) is 23.2 Å². The van der Waals surface area contributed by atoms with Crippen LogP contribution in [0.25, 0.3) is 0 Å². The van der Waals surface area contributed by atoms with Gasteiger partial charge in [0.15, 0.2) is 0 Å². The Labute approximate surface area is 186 Å². The van der Waals surface area contributed by atoms with Gasteiger partial charge in [-0.2, -0.15) is 0 Å². The van der Waals surface area contributed by atoms with Gasteiger partial charge < -0.3 is 10.2 Å². The van der Waals surface area contributed by atoms with Crippen LogP contribution in [-0.2, 0) is 10.0 Å². The molecule has 1 aliphatic heterocycles. The molecule has 1 saturated heterocycles. The van der Waals surface area contributed by atoms with Crippen LogP contribution in [0.5, 0.6) is 0 Å². The topological polar surface area (TPSA) is 105 Å². The standard InChI is InChI=1S/C22H26F2N4O3S/c23-22(24)8-3-10-28(11-9-22)20-19(12-16(14-26-20)15-4-1-5-15)21(29)27-17-6-2-7-18(13-17)32(25,30)31/h2,6-7,12-15H,1,3-5,8-11H2,(H,27,29)(H2,25,30,31). The van der Waals surface area contributed by atoms with Gasteiger partial charge in [-0.05, 0) is 55.0 Å². The van der Waals surface area contributed by atoms with Crippen molar-refractivity contribution in [2.75, 3.05) is 23.3 Å². The summed E-state index contributed by atoms with van der Waals surface area (Å²) in [7, 11) is -3.92. The molecule has 32 heavy (non-hydrogen) atoms. The highest BCUT2D eigenvalue weighted by atomic mass is 32.2. The summed E-state index contributed by atoms with van der Waals surface area (Å²) in [5.41, 5.74) is 1.51. The number of anilines is 2. The molecule has 0 spiro atoms. The summed E-state index contributed by atoms with van der Waals surface area (Å²) in [6, 6.07) is 7.45. The second-order valence-electron chi connectivity index (χ2n) is 8.49. The van der Waals surface area contributed by atoms with Gasteiger partial charge in [0.2, 0.25) is 15.9 Å². The van der Waals surface area contributed by atoms with Crippen LogP contribution in [0.2, 0.25) is 0 Å². The molecular formula is C22H26F2N4O3S. The maximum Gasteiger partial charge on any atom is 0.259 e. The maximum absolute atomic E-state index is 13.9. The predicted molar refractivity (Wildman–Crippen MR) is 118 cm³/mol. The van der Waals surface area contributed by atoms with E-state index >= 15 is 0 Å². The average Bonchev–Trinajstić information content (AvgIpc) is 2.87. The number of nitrogens with zero attached hydrogens (tertiary/aromatic N) is 2. The van der Waals surface area contributed by atoms with Crippen molar-refractivity contribution in [2.24, 2.45) is 5.14 Å². The van der Waals surface area contributed by atoms with Crippen LogP contribution in [0.1, 0.15) is 60.4 Å². The van der Waals surface area contributed by atoms with E-state index in [0.717, 1.165) is 24.8 Å². The lowest BCUT2D eigenvalue weighted by Gasteiger charge is -2.28. The Kier molecular flexibility index (Phi) is 6.17. The molecule has 1 aromatic carbocycles. The van der Waals surface area contributed by atoms with Gasteiger partial charge in [0.05, 0.1) is 10.5 Å². The summed E-state index contributed by atoms with van der Waals surface area (Å²) < 4.78 is 51.0. The Hall–Kier alpha value is -2.59. The third kappa shape index (κ3) is 5.07. The Bertz CT molecular complexity index is 1120. The van der Waals surface area contributed by atoms with E-state index in [4.69, 9.17) is 5.14 Å². The van der Waals surface area contributed by atoms with Gasteiger partial charge in [-0.15, -0.1) is 0 Å². The summed E-state index contributed by atoms with van der Waals surface area (Å²) in [6.07, 6.45) is 4.72. The summed E-state index contributed by atoms with van der Waals surface area (Å²) in [5.74, 6) is -2.50. The highest BCUT2D eigenvalue weighted by Gasteiger charge is 2.33. The van der Waals surface area contributed by atoms with E-state index in [9.17, 15) is 22.0 Å². The van der Waals surface area contributed by atoms with Crippen molar-refractivity contribution in [3.63, 3.8) is 0 Å². The molecule has 0 radical (unpaired) electrons. The van der Waals surface area contributed by atoms with Crippen LogP contribution in [0.4, 0.5) is 20.3 Å². The zero-order chi connectivity index (χ0) is 22.9. The number of carbonyl (C=O) groups is 1. The average molecular weight is 465 g/mol. The third-order valence-corrected chi connectivity index (χ3v) is 7.06. The summed E-state index contributed by atoms with van der Waals surface area (Å²) in [4.78, 5) is 19.4. The zero-order valence-electron chi connectivity index (χ0n) is 17.6. The number of alkyl halides is 2. The molecule has 3 N–H and O–H groups in total. The lowest BCUT2D eigenvalue weighted by atomic mass is 9.80. The summed E-state index contributed by atoms with van der Waals surface area (Å²) >= 11 is 0. The number of primary sulfonamides is 1. The molecule has 1 amide bonds. The first-order chi connectivity index (χ1) is 15.1. The van der Waals surface area contributed by atoms with Crippen molar-refractivity contribution in [1.82, 2.24) is 4.98 Å². The van der Waals surface area contributed by atoms with Gasteiger partial charge in [-0.3, -0.25) is 4.79 Å². The van der Waals surface area contributed by atoms with E-state index in [0.29, 0.717) is 30.3 Å². The van der Waals surface area contributed by atoms with Crippen molar-refractivity contribution in [2.45, 2.75) is 55.3 Å². The number of halogens is 2. The van der Waals surface area contributed by atoms with Crippen LogP contribution < -0.4 is 15.4 Å². The first kappa shape index (κ1) is 22.6. The van der Waals surface area contributed by atoms with Crippen molar-refractivity contribution in [1.29, 1.82) is 0 Å². The van der Waals surface area contributed by atoms with Crippen molar-refractivity contribution in [3.8, 4) is 0 Å². The molecule has 1 aromatic heterocycles. The number of amides is 1. The first-order valence-electron chi connectivity index (χ1n) is 10.7. The maximum atomic E-state index is 13.9. The molecule has 10 heteroatoms. The highest BCUT2D eigenvalue weighted by Crippen LogP contribution is 2.38. The largest absolute Gasteiger partial charge is 0.356 e. The van der Waals surface area contributed by atoms with Crippen molar-refractivity contribution < 1.29 is 22.0 Å². The number of nitrogens with one attached hydrogen (secondary N) is 1. The van der Waals surface area contributed by atoms with Gasteiger partial charge >= 0.3 is 0 Å². The number of hydrogen-bond donors (Lipinski definition) is 2. The van der Waals surface area contributed by atoms with Gasteiger partial charge in [0, 0.05) is 37.8 Å². The van der Waals surface area contributed by atoms with E-state index in [1.807, 2.05) is 0 Å². The van der Waals surface area contributed by atoms with Gasteiger partial charge in [0.1, 0.15) is 5.82 Å². The van der Waals surface area contributed by atoms with Crippen molar-refractivity contribution >= 4 is 27.4 Å². The molecular weight excluding hydrogens is 438 g/mol. The molecule has 0 atom stereocenters. The predicted octanol–water partition coefficient (Wildman–Crippen LogP) is 3.87. The minimum atomic E-state index is -3.92. The van der Waals surface area contributed by atoms with E-state index in [1.165, 1.54) is 18.2 Å². The van der Waals surface area contributed by atoms with Crippen LogP contribution >= 0.6 is 0 Å². The second-order valence-corrected chi connectivity index (χ2v) is 10.1. The normalized spacial score (nSPS) is 19.2. The summed E-state index contributed by atoms with van der Waals surface area (Å²) in [6.45, 7) is 0.483. The lowest BCUT2D eigenvalue weighted by Crippen LogP contribution is -2.29. The Morgan fingerprint density at radius 1 is 1.16 bits per heavy atom. The monoisotopic (exact) mass is 464 g/mol. The third-order valence-electron chi connectivity index (χ3n) is 6.15. The summed E-state index contributed by atoms with van der Waals surface area (Å²) in [5, 5.41) is 7.89. The minimum Gasteiger partial charge on any atom is -0.356 e. The Morgan fingerprint density at radius 2 is 1.94 bits per heavy atom. The van der Waals surface area contributed by atoms with E-state index in [2.05, 4.69) is 10.3 Å². The molecule has 2 fully saturated rings. The number of aromatic nitrogens is 1. The van der Waals surface area contributed by atoms with E-state index in [-0.39, 0.29) is 30.0 Å². The second kappa shape index (κ2) is 8.74. The fourth-order valence-electron chi connectivity index (χ4n) is 4.08. The zero-order valence-corrected chi connectivity index (χ0v) is 18.4. The molecule has 2 heterocycles. The minimum absolute atomic E-state index is 0.101. The molecule has 2 aliphatic rings. The molecule has 0 unspecified atom stereocenters. The fraction of sp³-hybridized carbons (Fsp3) is 0.455. The molecule has 2 aromatic rings. The lowest BCUT2D eigenvalue weighted by molar-refractivity contribution is -0.0102. The smallest absolute Gasteiger partial charge is 0.259 e. The van der Waals surface area contributed by atoms with Gasteiger partial charge in [0.25, 0.3) is 5.91 Å². The highest BCUT2D eigenvalue weighted by molar-refractivity contribution is 7.89. The number of rotatable bonds is 5. The van der Waals surface area contributed by atoms with Crippen LogP contribution in [-0.4, -0.2) is 38.3 Å². The van der Waals surface area contributed by atoms with Crippen LogP contribution in [0, 0.1) is 0 Å². The number of sulfonamides is 1. The number of nitrogens with two attached hydrogens (primary N) is 1. The molecule has 7 nitrogen and oxygen atoms in total. The Morgan fingerprint density at radius 3 is 2.62 bits per heavy atom. The molecule has 4 rings (SSSR count). The molecule has 0 bridgehead atoms.